The molecule has 4 nitrogen and oxygen atoms in total. The van der Waals surface area contributed by atoms with Gasteiger partial charge in [-0.15, -0.1) is 0 Å². The molecular formula is C15H20F2N2O2. The molecule has 0 saturated carbocycles. The summed E-state index contributed by atoms with van der Waals surface area (Å²) in [5.41, 5.74) is -0.601. The van der Waals surface area contributed by atoms with E-state index >= 15 is 0 Å². The first kappa shape index (κ1) is 15.7. The molecule has 2 rings (SSSR count). The van der Waals surface area contributed by atoms with Crippen LogP contribution < -0.4 is 10.6 Å². The lowest BCUT2D eigenvalue weighted by Crippen LogP contribution is -2.50. The van der Waals surface area contributed by atoms with Crippen molar-refractivity contribution >= 4 is 11.7 Å². The second-order valence-electron chi connectivity index (χ2n) is 6.07. The fraction of sp³-hybridized carbons (Fsp3) is 0.533. The molecule has 1 aliphatic heterocycles. The Bertz CT molecular complexity index is 547. The largest absolute Gasteiger partial charge is 0.478 e. The Morgan fingerprint density at radius 2 is 2.14 bits per heavy atom. The highest BCUT2D eigenvalue weighted by Crippen LogP contribution is 2.30. The van der Waals surface area contributed by atoms with E-state index in [0.717, 1.165) is 25.5 Å². The number of anilines is 1. The summed E-state index contributed by atoms with van der Waals surface area (Å²) in [7, 11) is 0. The average molecular weight is 298 g/mol. The molecule has 1 heterocycles. The number of carbonyl (C=O) groups is 1. The van der Waals surface area contributed by atoms with Crippen molar-refractivity contribution in [3.8, 4) is 0 Å². The summed E-state index contributed by atoms with van der Waals surface area (Å²) in [6.45, 7) is 5.63. The summed E-state index contributed by atoms with van der Waals surface area (Å²) < 4.78 is 27.5. The number of carboxylic acids is 1. The van der Waals surface area contributed by atoms with Crippen LogP contribution in [-0.2, 0) is 0 Å². The van der Waals surface area contributed by atoms with Crippen LogP contribution in [0, 0.1) is 17.0 Å². The number of aromatic carboxylic acids is 1. The van der Waals surface area contributed by atoms with Gasteiger partial charge in [0, 0.05) is 12.6 Å². The predicted molar refractivity (Wildman–Crippen MR) is 76.6 cm³/mol. The molecule has 1 aliphatic rings. The minimum atomic E-state index is -1.48. The number of benzene rings is 1. The molecule has 1 aromatic rings. The molecule has 3 N–H and O–H groups in total. The van der Waals surface area contributed by atoms with Gasteiger partial charge in [-0.1, -0.05) is 13.8 Å². The predicted octanol–water partition coefficient (Wildman–Crippen LogP) is 2.85. The van der Waals surface area contributed by atoms with Crippen molar-refractivity contribution in [2.75, 3.05) is 18.4 Å². The van der Waals surface area contributed by atoms with Gasteiger partial charge in [0.05, 0.1) is 11.3 Å². The third-order valence-corrected chi connectivity index (χ3v) is 4.14. The molecule has 116 valence electrons. The Morgan fingerprint density at radius 1 is 1.43 bits per heavy atom. The van der Waals surface area contributed by atoms with Gasteiger partial charge in [-0.25, -0.2) is 13.6 Å². The van der Waals surface area contributed by atoms with Gasteiger partial charge < -0.3 is 15.7 Å². The Labute approximate surface area is 122 Å². The third kappa shape index (κ3) is 3.32. The number of carboxylic acid groups (broad SMARTS) is 1. The second kappa shape index (κ2) is 5.97. The molecule has 6 heteroatoms. The van der Waals surface area contributed by atoms with Crippen LogP contribution in [0.1, 0.15) is 37.0 Å². The molecule has 0 amide bonds. The van der Waals surface area contributed by atoms with E-state index in [0.29, 0.717) is 6.54 Å². The Kier molecular flexibility index (Phi) is 4.46. The van der Waals surface area contributed by atoms with E-state index in [-0.39, 0.29) is 17.1 Å². The standard InChI is InChI=1S/C15H20F2N2O2/c1-15(2)6-3-7-18-11(15)8-19-10-5-4-9(14(20)21)12(16)13(10)17/h4-5,11,18-19H,3,6-8H2,1-2H3,(H,20,21). The van der Waals surface area contributed by atoms with Crippen molar-refractivity contribution in [2.24, 2.45) is 5.41 Å². The molecule has 0 aromatic heterocycles. The first-order valence-electron chi connectivity index (χ1n) is 7.01. The van der Waals surface area contributed by atoms with E-state index < -0.39 is 23.2 Å². The van der Waals surface area contributed by atoms with Crippen LogP contribution in [0.25, 0.3) is 0 Å². The highest BCUT2D eigenvalue weighted by Gasteiger charge is 2.31. The SMILES string of the molecule is CC1(C)CCCNC1CNc1ccc(C(=O)O)c(F)c1F. The van der Waals surface area contributed by atoms with E-state index in [1.807, 2.05) is 0 Å². The van der Waals surface area contributed by atoms with Gasteiger partial charge in [-0.2, -0.15) is 0 Å². The highest BCUT2D eigenvalue weighted by atomic mass is 19.2. The molecule has 1 fully saturated rings. The molecule has 0 bridgehead atoms. The van der Waals surface area contributed by atoms with Gasteiger partial charge in [0.1, 0.15) is 0 Å². The maximum atomic E-state index is 13.8. The molecule has 1 saturated heterocycles. The summed E-state index contributed by atoms with van der Waals surface area (Å²) in [6.07, 6.45) is 2.17. The van der Waals surface area contributed by atoms with E-state index in [1.54, 1.807) is 0 Å². The molecule has 21 heavy (non-hydrogen) atoms. The lowest BCUT2D eigenvalue weighted by Gasteiger charge is -2.39. The maximum Gasteiger partial charge on any atom is 0.338 e. The van der Waals surface area contributed by atoms with Gasteiger partial charge in [-0.3, -0.25) is 0 Å². The Morgan fingerprint density at radius 3 is 2.76 bits per heavy atom. The number of hydrogen-bond acceptors (Lipinski definition) is 3. The molecule has 1 atom stereocenters. The quantitative estimate of drug-likeness (QED) is 0.800. The van der Waals surface area contributed by atoms with Crippen LogP contribution >= 0.6 is 0 Å². The van der Waals surface area contributed by atoms with E-state index in [9.17, 15) is 13.6 Å². The number of rotatable bonds is 4. The highest BCUT2D eigenvalue weighted by molar-refractivity contribution is 5.88. The van der Waals surface area contributed by atoms with Gasteiger partial charge in [0.2, 0.25) is 0 Å². The minimum Gasteiger partial charge on any atom is -0.478 e. The van der Waals surface area contributed by atoms with Crippen molar-refractivity contribution in [2.45, 2.75) is 32.7 Å². The Hall–Kier alpha value is -1.69. The van der Waals surface area contributed by atoms with Crippen LogP contribution in [0.4, 0.5) is 14.5 Å². The van der Waals surface area contributed by atoms with Crippen molar-refractivity contribution in [1.82, 2.24) is 5.32 Å². The van der Waals surface area contributed by atoms with Crippen LogP contribution in [0.2, 0.25) is 0 Å². The van der Waals surface area contributed by atoms with Crippen molar-refractivity contribution in [3.63, 3.8) is 0 Å². The first-order chi connectivity index (χ1) is 9.83. The molecular weight excluding hydrogens is 278 g/mol. The smallest absolute Gasteiger partial charge is 0.338 e. The Balaban J connectivity index is 2.10. The van der Waals surface area contributed by atoms with E-state index in [1.165, 1.54) is 6.07 Å². The fourth-order valence-corrected chi connectivity index (χ4v) is 2.68. The lowest BCUT2D eigenvalue weighted by atomic mass is 9.77. The zero-order valence-corrected chi connectivity index (χ0v) is 12.2. The lowest BCUT2D eigenvalue weighted by molar-refractivity contribution is 0.0690. The van der Waals surface area contributed by atoms with E-state index in [4.69, 9.17) is 5.11 Å². The van der Waals surface area contributed by atoms with Crippen molar-refractivity contribution < 1.29 is 18.7 Å². The normalized spacial score (nSPS) is 21.0. The molecule has 0 radical (unpaired) electrons. The summed E-state index contributed by atoms with van der Waals surface area (Å²) >= 11 is 0. The van der Waals surface area contributed by atoms with Crippen molar-refractivity contribution in [1.29, 1.82) is 0 Å². The summed E-state index contributed by atoms with van der Waals surface area (Å²) in [6, 6.07) is 2.48. The van der Waals surface area contributed by atoms with Crippen LogP contribution in [0.5, 0.6) is 0 Å². The molecule has 0 spiro atoms. The summed E-state index contributed by atoms with van der Waals surface area (Å²) in [5.74, 6) is -3.96. The van der Waals surface area contributed by atoms with Crippen LogP contribution in [0.3, 0.4) is 0 Å². The minimum absolute atomic E-state index is 0.0133. The van der Waals surface area contributed by atoms with Crippen LogP contribution in [-0.4, -0.2) is 30.2 Å². The zero-order valence-electron chi connectivity index (χ0n) is 12.2. The van der Waals surface area contributed by atoms with Gasteiger partial charge in [0.15, 0.2) is 11.6 Å². The average Bonchev–Trinajstić information content (AvgIpc) is 2.41. The van der Waals surface area contributed by atoms with Crippen LogP contribution in [0.15, 0.2) is 12.1 Å². The third-order valence-electron chi connectivity index (χ3n) is 4.14. The number of hydrogen-bond donors (Lipinski definition) is 3. The number of piperidine rings is 1. The van der Waals surface area contributed by atoms with Gasteiger partial charge in [-0.05, 0) is 36.9 Å². The molecule has 1 unspecified atom stereocenters. The molecule has 0 aliphatic carbocycles. The molecule has 1 aromatic carbocycles. The van der Waals surface area contributed by atoms with Gasteiger partial charge >= 0.3 is 5.97 Å². The van der Waals surface area contributed by atoms with Gasteiger partial charge in [0.25, 0.3) is 0 Å². The zero-order chi connectivity index (χ0) is 15.6. The monoisotopic (exact) mass is 298 g/mol. The number of halogens is 2. The first-order valence-corrected chi connectivity index (χ1v) is 7.01. The topological polar surface area (TPSA) is 61.4 Å². The van der Waals surface area contributed by atoms with E-state index in [2.05, 4.69) is 24.5 Å². The second-order valence-corrected chi connectivity index (χ2v) is 6.07. The fourth-order valence-electron chi connectivity index (χ4n) is 2.68. The van der Waals surface area contributed by atoms with Crippen molar-refractivity contribution in [3.05, 3.63) is 29.3 Å². The summed E-state index contributed by atoms with van der Waals surface area (Å²) in [4.78, 5) is 10.7. The maximum absolute atomic E-state index is 13.8. The number of nitrogens with one attached hydrogen (secondary N) is 2. The summed E-state index contributed by atoms with van der Waals surface area (Å²) in [5, 5.41) is 15.0.